The molecular formula is C14H28N4O. The van der Waals surface area contributed by atoms with Gasteiger partial charge in [-0.3, -0.25) is 4.68 Å². The van der Waals surface area contributed by atoms with E-state index in [1.54, 1.807) is 0 Å². The van der Waals surface area contributed by atoms with Crippen LogP contribution in [0.25, 0.3) is 0 Å². The molecule has 1 aromatic heterocycles. The lowest BCUT2D eigenvalue weighted by Gasteiger charge is -2.26. The lowest BCUT2D eigenvalue weighted by atomic mass is 10.2. The number of aromatic nitrogens is 2. The molecule has 0 fully saturated rings. The molecule has 1 rings (SSSR count). The van der Waals surface area contributed by atoms with Crippen LogP contribution in [0.3, 0.4) is 0 Å². The first-order valence-electron chi connectivity index (χ1n) is 6.95. The fourth-order valence-corrected chi connectivity index (χ4v) is 2.16. The fraction of sp³-hybridized carbons (Fsp3) is 0.786. The van der Waals surface area contributed by atoms with E-state index < -0.39 is 0 Å². The number of aryl methyl sites for hydroxylation is 2. The van der Waals surface area contributed by atoms with Crippen LogP contribution in [-0.2, 0) is 13.6 Å². The normalized spacial score (nSPS) is 13.1. The largest absolute Gasteiger partial charge is 0.394 e. The van der Waals surface area contributed by atoms with Crippen molar-refractivity contribution in [1.82, 2.24) is 15.1 Å². The molecule has 2 N–H and O–H groups in total. The third-order valence-electron chi connectivity index (χ3n) is 3.43. The maximum atomic E-state index is 9.32. The van der Waals surface area contributed by atoms with Crippen molar-refractivity contribution in [1.29, 1.82) is 0 Å². The first-order chi connectivity index (χ1) is 8.88. The van der Waals surface area contributed by atoms with E-state index in [2.05, 4.69) is 29.2 Å². The summed E-state index contributed by atoms with van der Waals surface area (Å²) in [6.45, 7) is 10.4. The predicted molar refractivity (Wildman–Crippen MR) is 79.4 cm³/mol. The smallest absolute Gasteiger partial charge is 0.131 e. The number of hydrogen-bond acceptors (Lipinski definition) is 4. The highest BCUT2D eigenvalue weighted by Gasteiger charge is 2.19. The summed E-state index contributed by atoms with van der Waals surface area (Å²) in [5.41, 5.74) is 2.26. The average molecular weight is 268 g/mol. The molecule has 1 heterocycles. The highest BCUT2D eigenvalue weighted by Crippen LogP contribution is 2.23. The Labute approximate surface area is 116 Å². The van der Waals surface area contributed by atoms with Gasteiger partial charge in [-0.05, 0) is 26.3 Å². The first-order valence-corrected chi connectivity index (χ1v) is 6.95. The van der Waals surface area contributed by atoms with E-state index >= 15 is 0 Å². The van der Waals surface area contributed by atoms with Gasteiger partial charge in [0.05, 0.1) is 18.3 Å². The topological polar surface area (TPSA) is 53.3 Å². The summed E-state index contributed by atoms with van der Waals surface area (Å²) in [7, 11) is 3.96. The first kappa shape index (κ1) is 16.0. The van der Waals surface area contributed by atoms with Crippen molar-refractivity contribution >= 4 is 5.82 Å². The quantitative estimate of drug-likeness (QED) is 0.782. The lowest BCUT2D eigenvalue weighted by molar-refractivity contribution is 0.269. The van der Waals surface area contributed by atoms with E-state index in [9.17, 15) is 5.11 Å². The second kappa shape index (κ2) is 6.91. The van der Waals surface area contributed by atoms with Crippen LogP contribution in [0.15, 0.2) is 0 Å². The van der Waals surface area contributed by atoms with Crippen LogP contribution < -0.4 is 10.2 Å². The highest BCUT2D eigenvalue weighted by molar-refractivity contribution is 5.50. The summed E-state index contributed by atoms with van der Waals surface area (Å²) in [5, 5.41) is 17.3. The number of nitrogens with zero attached hydrogens (tertiary/aromatic N) is 3. The number of rotatable bonds is 7. The Kier molecular flexibility index (Phi) is 5.82. The molecule has 0 aromatic carbocycles. The molecular weight excluding hydrogens is 240 g/mol. The molecule has 0 aliphatic rings. The third kappa shape index (κ3) is 3.94. The number of aliphatic hydroxyl groups is 1. The molecule has 0 aliphatic heterocycles. The minimum atomic E-state index is 0.0821. The van der Waals surface area contributed by atoms with Gasteiger partial charge in [0.1, 0.15) is 5.82 Å². The van der Waals surface area contributed by atoms with E-state index in [-0.39, 0.29) is 12.6 Å². The number of likely N-dealkylation sites (N-methyl/N-ethyl adjacent to an activating group) is 1. The van der Waals surface area contributed by atoms with Gasteiger partial charge in [0.15, 0.2) is 0 Å². The Morgan fingerprint density at radius 3 is 2.53 bits per heavy atom. The molecule has 5 heteroatoms. The molecule has 110 valence electrons. The summed E-state index contributed by atoms with van der Waals surface area (Å²) in [6, 6.07) is 0.0821. The maximum Gasteiger partial charge on any atom is 0.131 e. The van der Waals surface area contributed by atoms with E-state index in [0.717, 1.165) is 24.6 Å². The van der Waals surface area contributed by atoms with Gasteiger partial charge in [0.2, 0.25) is 0 Å². The van der Waals surface area contributed by atoms with Crippen molar-refractivity contribution in [2.75, 3.05) is 25.1 Å². The molecule has 0 saturated heterocycles. The summed E-state index contributed by atoms with van der Waals surface area (Å²) >= 11 is 0. The van der Waals surface area contributed by atoms with Gasteiger partial charge in [0, 0.05) is 26.2 Å². The molecule has 1 aromatic rings. The van der Waals surface area contributed by atoms with Crippen LogP contribution in [-0.4, -0.2) is 41.1 Å². The van der Waals surface area contributed by atoms with Crippen LogP contribution in [0.2, 0.25) is 0 Å². The van der Waals surface area contributed by atoms with Gasteiger partial charge in [-0.15, -0.1) is 0 Å². The molecule has 0 spiro atoms. The summed E-state index contributed by atoms with van der Waals surface area (Å²) in [4.78, 5) is 2.09. The highest BCUT2D eigenvalue weighted by atomic mass is 16.3. The Hall–Kier alpha value is -1.07. The molecule has 0 radical (unpaired) electrons. The van der Waals surface area contributed by atoms with Gasteiger partial charge in [-0.25, -0.2) is 0 Å². The number of anilines is 1. The van der Waals surface area contributed by atoms with Crippen molar-refractivity contribution in [3.63, 3.8) is 0 Å². The maximum absolute atomic E-state index is 9.32. The fourth-order valence-electron chi connectivity index (χ4n) is 2.16. The predicted octanol–water partition coefficient (Wildman–Crippen LogP) is 1.29. The van der Waals surface area contributed by atoms with Crippen LogP contribution in [0.5, 0.6) is 0 Å². The van der Waals surface area contributed by atoms with Gasteiger partial charge in [-0.2, -0.15) is 5.10 Å². The molecule has 0 amide bonds. The minimum absolute atomic E-state index is 0.0821. The van der Waals surface area contributed by atoms with Gasteiger partial charge in [-0.1, -0.05) is 13.8 Å². The van der Waals surface area contributed by atoms with Crippen LogP contribution in [0, 0.1) is 12.8 Å². The number of aliphatic hydroxyl groups excluding tert-OH is 1. The monoisotopic (exact) mass is 268 g/mol. The standard InChI is InChI=1S/C14H28N4O/c1-10(2)7-15-8-13-12(4)16-18(6)14(13)17(5)11(3)9-19/h10-11,15,19H,7-9H2,1-6H3. The second-order valence-corrected chi connectivity index (χ2v) is 5.68. The van der Waals surface area contributed by atoms with Crippen molar-refractivity contribution in [2.24, 2.45) is 13.0 Å². The molecule has 0 bridgehead atoms. The Balaban J connectivity index is 2.90. The zero-order valence-corrected chi connectivity index (χ0v) is 13.1. The molecule has 1 unspecified atom stereocenters. The third-order valence-corrected chi connectivity index (χ3v) is 3.43. The SMILES string of the molecule is Cc1nn(C)c(N(C)C(C)CO)c1CNCC(C)C. The second-order valence-electron chi connectivity index (χ2n) is 5.68. The van der Waals surface area contributed by atoms with E-state index in [1.807, 2.05) is 32.6 Å². The van der Waals surface area contributed by atoms with Crippen LogP contribution in [0.1, 0.15) is 32.0 Å². The Morgan fingerprint density at radius 1 is 1.37 bits per heavy atom. The summed E-state index contributed by atoms with van der Waals surface area (Å²) < 4.78 is 1.90. The van der Waals surface area contributed by atoms with Crippen molar-refractivity contribution in [3.05, 3.63) is 11.3 Å². The zero-order chi connectivity index (χ0) is 14.6. The Morgan fingerprint density at radius 2 is 2.00 bits per heavy atom. The van der Waals surface area contributed by atoms with Crippen LogP contribution in [0.4, 0.5) is 5.82 Å². The van der Waals surface area contributed by atoms with Crippen molar-refractivity contribution in [2.45, 2.75) is 40.3 Å². The lowest BCUT2D eigenvalue weighted by Crippen LogP contribution is -2.34. The summed E-state index contributed by atoms with van der Waals surface area (Å²) in [5.74, 6) is 1.71. The van der Waals surface area contributed by atoms with Crippen LogP contribution >= 0.6 is 0 Å². The van der Waals surface area contributed by atoms with Gasteiger partial charge in [0.25, 0.3) is 0 Å². The zero-order valence-electron chi connectivity index (χ0n) is 13.1. The number of nitrogens with one attached hydrogen (secondary N) is 1. The molecule has 5 nitrogen and oxygen atoms in total. The molecule has 0 saturated carbocycles. The minimum Gasteiger partial charge on any atom is -0.394 e. The van der Waals surface area contributed by atoms with Crippen molar-refractivity contribution in [3.8, 4) is 0 Å². The molecule has 0 aliphatic carbocycles. The Bertz CT molecular complexity index is 400. The van der Waals surface area contributed by atoms with E-state index in [0.29, 0.717) is 5.92 Å². The van der Waals surface area contributed by atoms with E-state index in [4.69, 9.17) is 0 Å². The van der Waals surface area contributed by atoms with E-state index in [1.165, 1.54) is 5.56 Å². The van der Waals surface area contributed by atoms with Gasteiger partial charge >= 0.3 is 0 Å². The van der Waals surface area contributed by atoms with Gasteiger partial charge < -0.3 is 15.3 Å². The average Bonchev–Trinajstić information content (AvgIpc) is 2.62. The summed E-state index contributed by atoms with van der Waals surface area (Å²) in [6.07, 6.45) is 0. The number of hydrogen-bond donors (Lipinski definition) is 2. The molecule has 19 heavy (non-hydrogen) atoms. The van der Waals surface area contributed by atoms with Crippen molar-refractivity contribution < 1.29 is 5.11 Å². The molecule has 1 atom stereocenters.